The number of nitrogens with zero attached hydrogens (tertiary/aromatic N) is 2. The maximum Gasteiger partial charge on any atom is 0.169 e. The van der Waals surface area contributed by atoms with Crippen LogP contribution >= 0.6 is 11.8 Å². The number of imidazole rings is 1. The highest BCUT2D eigenvalue weighted by molar-refractivity contribution is 7.99. The standard InChI is InChI=1S/C20H24N2OS/c1-22-17-5-3-2-4-16(17)21-19(22)24-12-18(23)20-9-13-6-14(10-20)8-15(7-13)11-20/h2-5,13-15H,6-12H2,1H3. The first kappa shape index (κ1) is 15.0. The average molecular weight is 340 g/mol. The highest BCUT2D eigenvalue weighted by Gasteiger charge is 2.54. The number of benzene rings is 1. The Morgan fingerprint density at radius 1 is 1.17 bits per heavy atom. The fourth-order valence-electron chi connectivity index (χ4n) is 5.99. The van der Waals surface area contributed by atoms with Crippen LogP contribution < -0.4 is 0 Å². The normalized spacial score (nSPS) is 34.1. The lowest BCUT2D eigenvalue weighted by Crippen LogP contribution is -2.50. The molecule has 0 unspecified atom stereocenters. The molecule has 0 N–H and O–H groups in total. The summed E-state index contributed by atoms with van der Waals surface area (Å²) < 4.78 is 2.12. The molecule has 4 fully saturated rings. The Labute approximate surface area is 147 Å². The van der Waals surface area contributed by atoms with Gasteiger partial charge < -0.3 is 4.57 Å². The van der Waals surface area contributed by atoms with Crippen molar-refractivity contribution in [2.24, 2.45) is 30.2 Å². The molecule has 4 aliphatic rings. The van der Waals surface area contributed by atoms with Crippen molar-refractivity contribution >= 4 is 28.6 Å². The van der Waals surface area contributed by atoms with Crippen LogP contribution in [0.25, 0.3) is 11.0 Å². The molecule has 0 spiro atoms. The van der Waals surface area contributed by atoms with E-state index < -0.39 is 0 Å². The number of thioether (sulfide) groups is 1. The van der Waals surface area contributed by atoms with Gasteiger partial charge in [-0.2, -0.15) is 0 Å². The predicted octanol–water partition coefficient (Wildman–Crippen LogP) is 4.45. The Bertz CT molecular complexity index is 774. The Morgan fingerprint density at radius 3 is 2.42 bits per heavy atom. The lowest BCUT2D eigenvalue weighted by atomic mass is 9.48. The predicted molar refractivity (Wildman–Crippen MR) is 97.1 cm³/mol. The van der Waals surface area contributed by atoms with Crippen LogP contribution in [0.4, 0.5) is 0 Å². The largest absolute Gasteiger partial charge is 0.322 e. The fraction of sp³-hybridized carbons (Fsp3) is 0.600. The van der Waals surface area contributed by atoms with Crippen molar-refractivity contribution in [3.63, 3.8) is 0 Å². The van der Waals surface area contributed by atoms with E-state index in [9.17, 15) is 4.79 Å². The number of hydrogen-bond acceptors (Lipinski definition) is 3. The van der Waals surface area contributed by atoms with Crippen LogP contribution in [0.5, 0.6) is 0 Å². The molecular formula is C20H24N2OS. The molecule has 0 amide bonds. The molecule has 4 aliphatic carbocycles. The lowest BCUT2D eigenvalue weighted by Gasteiger charge is -2.56. The minimum absolute atomic E-state index is 0.0202. The summed E-state index contributed by atoms with van der Waals surface area (Å²) in [6.07, 6.45) is 7.68. The quantitative estimate of drug-likeness (QED) is 0.771. The van der Waals surface area contributed by atoms with Gasteiger partial charge in [-0.3, -0.25) is 4.79 Å². The third-order valence-electron chi connectivity index (χ3n) is 6.71. The first-order valence-electron chi connectivity index (χ1n) is 9.20. The van der Waals surface area contributed by atoms with Crippen molar-refractivity contribution in [3.05, 3.63) is 24.3 Å². The van der Waals surface area contributed by atoms with Crippen LogP contribution in [-0.4, -0.2) is 21.1 Å². The molecule has 0 saturated heterocycles. The number of ketones is 1. The average Bonchev–Trinajstić information content (AvgIpc) is 2.88. The van der Waals surface area contributed by atoms with E-state index in [0.29, 0.717) is 11.5 Å². The van der Waals surface area contributed by atoms with Gasteiger partial charge >= 0.3 is 0 Å². The second-order valence-corrected chi connectivity index (χ2v) is 9.29. The molecule has 4 saturated carbocycles. The van der Waals surface area contributed by atoms with Gasteiger partial charge in [0, 0.05) is 12.5 Å². The van der Waals surface area contributed by atoms with Crippen molar-refractivity contribution in [2.45, 2.75) is 43.7 Å². The summed E-state index contributed by atoms with van der Waals surface area (Å²) in [6, 6.07) is 8.19. The molecule has 6 rings (SSSR count). The SMILES string of the molecule is Cn1c(SCC(=O)C23CC4CC(CC(C4)C2)C3)nc2ccccc21. The molecule has 0 aliphatic heterocycles. The van der Waals surface area contributed by atoms with Gasteiger partial charge in [0.1, 0.15) is 5.78 Å². The summed E-state index contributed by atoms with van der Waals surface area (Å²) in [7, 11) is 2.05. The van der Waals surface area contributed by atoms with Crippen molar-refractivity contribution in [1.29, 1.82) is 0 Å². The van der Waals surface area contributed by atoms with Crippen molar-refractivity contribution in [1.82, 2.24) is 9.55 Å². The molecule has 4 heteroatoms. The van der Waals surface area contributed by atoms with Crippen LogP contribution in [0, 0.1) is 23.2 Å². The Kier molecular flexibility index (Phi) is 3.35. The monoisotopic (exact) mass is 340 g/mol. The highest BCUT2D eigenvalue weighted by Crippen LogP contribution is 2.60. The number of rotatable bonds is 4. The minimum atomic E-state index is 0.0202. The third-order valence-corrected chi connectivity index (χ3v) is 7.74. The molecule has 126 valence electrons. The number of carbonyl (C=O) groups excluding carboxylic acids is 1. The van der Waals surface area contributed by atoms with Gasteiger partial charge in [0.25, 0.3) is 0 Å². The summed E-state index contributed by atoms with van der Waals surface area (Å²) in [5, 5.41) is 0.967. The number of aromatic nitrogens is 2. The molecule has 0 radical (unpaired) electrons. The van der Waals surface area contributed by atoms with E-state index in [2.05, 4.69) is 10.6 Å². The number of fused-ring (bicyclic) bond motifs is 1. The zero-order chi connectivity index (χ0) is 16.3. The zero-order valence-electron chi connectivity index (χ0n) is 14.2. The van der Waals surface area contributed by atoms with E-state index in [-0.39, 0.29) is 5.41 Å². The van der Waals surface area contributed by atoms with E-state index in [1.54, 1.807) is 11.8 Å². The van der Waals surface area contributed by atoms with Crippen LogP contribution in [0.3, 0.4) is 0 Å². The van der Waals surface area contributed by atoms with Crippen LogP contribution in [-0.2, 0) is 11.8 Å². The Hall–Kier alpha value is -1.29. The van der Waals surface area contributed by atoms with Gasteiger partial charge in [-0.05, 0) is 68.4 Å². The number of carbonyl (C=O) groups is 1. The lowest BCUT2D eigenvalue weighted by molar-refractivity contribution is -0.141. The van der Waals surface area contributed by atoms with Crippen molar-refractivity contribution < 1.29 is 4.79 Å². The smallest absolute Gasteiger partial charge is 0.169 e. The molecule has 1 heterocycles. The van der Waals surface area contributed by atoms with Crippen molar-refractivity contribution in [3.8, 4) is 0 Å². The summed E-state index contributed by atoms with van der Waals surface area (Å²) in [4.78, 5) is 17.8. The summed E-state index contributed by atoms with van der Waals surface area (Å²) >= 11 is 1.63. The summed E-state index contributed by atoms with van der Waals surface area (Å²) in [5.74, 6) is 3.59. The van der Waals surface area contributed by atoms with Gasteiger partial charge in [0.15, 0.2) is 5.16 Å². The molecule has 4 bridgehead atoms. The van der Waals surface area contributed by atoms with Crippen molar-refractivity contribution in [2.75, 3.05) is 5.75 Å². The first-order chi connectivity index (χ1) is 11.6. The van der Waals surface area contributed by atoms with Gasteiger partial charge in [-0.1, -0.05) is 23.9 Å². The second kappa shape index (κ2) is 5.35. The molecule has 1 aromatic heterocycles. The molecule has 0 atom stereocenters. The third kappa shape index (κ3) is 2.26. The second-order valence-electron chi connectivity index (χ2n) is 8.35. The number of aryl methyl sites for hydroxylation is 1. The maximum absolute atomic E-state index is 13.1. The number of hydrogen-bond donors (Lipinski definition) is 0. The molecule has 1 aromatic carbocycles. The molecule has 2 aromatic rings. The van der Waals surface area contributed by atoms with Gasteiger partial charge in [-0.15, -0.1) is 0 Å². The van der Waals surface area contributed by atoms with Crippen LogP contribution in [0.1, 0.15) is 38.5 Å². The Morgan fingerprint density at radius 2 is 1.79 bits per heavy atom. The van der Waals surface area contributed by atoms with Gasteiger partial charge in [0.2, 0.25) is 0 Å². The topological polar surface area (TPSA) is 34.9 Å². The van der Waals surface area contributed by atoms with E-state index >= 15 is 0 Å². The maximum atomic E-state index is 13.1. The van der Waals surface area contributed by atoms with Gasteiger partial charge in [-0.25, -0.2) is 4.98 Å². The van der Waals surface area contributed by atoms with Crippen LogP contribution in [0.15, 0.2) is 29.4 Å². The summed E-state index contributed by atoms with van der Waals surface area (Å²) in [6.45, 7) is 0. The molecule has 24 heavy (non-hydrogen) atoms. The van der Waals surface area contributed by atoms with E-state index in [4.69, 9.17) is 4.98 Å². The number of para-hydroxylation sites is 2. The first-order valence-corrected chi connectivity index (χ1v) is 10.2. The minimum Gasteiger partial charge on any atom is -0.322 e. The summed E-state index contributed by atoms with van der Waals surface area (Å²) in [5.41, 5.74) is 2.18. The fourth-order valence-corrected chi connectivity index (χ4v) is 7.01. The van der Waals surface area contributed by atoms with E-state index in [0.717, 1.165) is 33.9 Å². The van der Waals surface area contributed by atoms with Gasteiger partial charge in [0.05, 0.1) is 16.8 Å². The van der Waals surface area contributed by atoms with Crippen LogP contribution in [0.2, 0.25) is 0 Å². The van der Waals surface area contributed by atoms with E-state index in [1.165, 1.54) is 38.5 Å². The highest BCUT2D eigenvalue weighted by atomic mass is 32.2. The molecular weight excluding hydrogens is 316 g/mol. The Balaban J connectivity index is 1.34. The number of Topliss-reactive ketones (excluding diaryl/α,β-unsaturated/α-hetero) is 1. The van der Waals surface area contributed by atoms with E-state index in [1.807, 2.05) is 25.2 Å². The molecule has 3 nitrogen and oxygen atoms in total. The zero-order valence-corrected chi connectivity index (χ0v) is 15.0.